The van der Waals surface area contributed by atoms with Gasteiger partial charge in [0.05, 0.1) is 24.0 Å². The topological polar surface area (TPSA) is 38.0 Å². The van der Waals surface area contributed by atoms with E-state index in [9.17, 15) is 0 Å². The number of imidazole rings is 1. The number of rotatable bonds is 1. The molecular weight excluding hydrogens is 152 g/mol. The van der Waals surface area contributed by atoms with Crippen LogP contribution in [0.3, 0.4) is 0 Å². The number of fused-ring (bicyclic) bond motifs is 1. The summed E-state index contributed by atoms with van der Waals surface area (Å²) in [6.45, 7) is 0.0844. The summed E-state index contributed by atoms with van der Waals surface area (Å²) in [6.07, 6.45) is 1.77. The minimum atomic E-state index is 0.0844. The summed E-state index contributed by atoms with van der Waals surface area (Å²) in [5.41, 5.74) is 2.95. The summed E-state index contributed by atoms with van der Waals surface area (Å²) in [6, 6.07) is 5.75. The molecule has 0 aliphatic carbocycles. The number of benzene rings is 1. The van der Waals surface area contributed by atoms with Crippen molar-refractivity contribution in [3.63, 3.8) is 0 Å². The van der Waals surface area contributed by atoms with E-state index >= 15 is 0 Å². The highest BCUT2D eigenvalue weighted by Gasteiger charge is 1.99. The van der Waals surface area contributed by atoms with E-state index in [0.29, 0.717) is 0 Å². The Kier molecular flexibility index (Phi) is 1.59. The van der Waals surface area contributed by atoms with Crippen LogP contribution in [0.1, 0.15) is 5.56 Å². The standard InChI is InChI=1S/C9H10N2O/c1-11-6-10-8-3-2-7(5-12)4-9(8)11/h2-4,6,12H,5H2,1H3. The average molecular weight is 162 g/mol. The maximum Gasteiger partial charge on any atom is 0.0955 e. The first-order chi connectivity index (χ1) is 5.81. The van der Waals surface area contributed by atoms with Crippen LogP contribution in [0.5, 0.6) is 0 Å². The van der Waals surface area contributed by atoms with Crippen molar-refractivity contribution in [1.82, 2.24) is 9.55 Å². The Hall–Kier alpha value is -1.35. The first-order valence-electron chi connectivity index (χ1n) is 3.82. The van der Waals surface area contributed by atoms with Gasteiger partial charge in [-0.2, -0.15) is 0 Å². The third-order valence-corrected chi connectivity index (χ3v) is 1.97. The van der Waals surface area contributed by atoms with E-state index in [-0.39, 0.29) is 6.61 Å². The third kappa shape index (κ3) is 0.987. The molecule has 0 amide bonds. The van der Waals surface area contributed by atoms with E-state index in [4.69, 9.17) is 5.11 Å². The SMILES string of the molecule is Cn1cnc2ccc(CO)cc21. The quantitative estimate of drug-likeness (QED) is 0.681. The number of nitrogens with zero attached hydrogens (tertiary/aromatic N) is 2. The maximum atomic E-state index is 8.90. The smallest absolute Gasteiger partial charge is 0.0955 e. The highest BCUT2D eigenvalue weighted by molar-refractivity contribution is 5.75. The molecule has 0 saturated heterocycles. The fourth-order valence-electron chi connectivity index (χ4n) is 1.27. The van der Waals surface area contributed by atoms with Crippen molar-refractivity contribution < 1.29 is 5.11 Å². The van der Waals surface area contributed by atoms with Crippen LogP contribution in [0.25, 0.3) is 11.0 Å². The second-order valence-electron chi connectivity index (χ2n) is 2.84. The lowest BCUT2D eigenvalue weighted by Gasteiger charge is -1.97. The van der Waals surface area contributed by atoms with Gasteiger partial charge in [0.15, 0.2) is 0 Å². The molecule has 2 aromatic rings. The highest BCUT2D eigenvalue weighted by Crippen LogP contribution is 2.13. The molecule has 0 bridgehead atoms. The van der Waals surface area contributed by atoms with E-state index in [1.54, 1.807) is 6.33 Å². The van der Waals surface area contributed by atoms with Crippen molar-refractivity contribution >= 4 is 11.0 Å². The monoisotopic (exact) mass is 162 g/mol. The zero-order valence-corrected chi connectivity index (χ0v) is 6.86. The van der Waals surface area contributed by atoms with E-state index in [0.717, 1.165) is 16.6 Å². The lowest BCUT2D eigenvalue weighted by atomic mass is 10.2. The van der Waals surface area contributed by atoms with Crippen LogP contribution in [-0.4, -0.2) is 14.7 Å². The molecule has 3 nitrogen and oxygen atoms in total. The summed E-state index contributed by atoms with van der Waals surface area (Å²) in [5.74, 6) is 0. The second-order valence-corrected chi connectivity index (χ2v) is 2.84. The van der Waals surface area contributed by atoms with Gasteiger partial charge in [-0.3, -0.25) is 0 Å². The molecule has 0 fully saturated rings. The molecule has 0 aliphatic heterocycles. The predicted octanol–water partition coefficient (Wildman–Crippen LogP) is 1.07. The zero-order chi connectivity index (χ0) is 8.55. The number of aromatic nitrogens is 2. The Morgan fingerprint density at radius 1 is 1.50 bits per heavy atom. The van der Waals surface area contributed by atoms with Crippen molar-refractivity contribution in [2.75, 3.05) is 0 Å². The van der Waals surface area contributed by atoms with Crippen molar-refractivity contribution in [2.24, 2.45) is 7.05 Å². The summed E-state index contributed by atoms with van der Waals surface area (Å²) >= 11 is 0. The molecule has 1 heterocycles. The molecule has 0 spiro atoms. The average Bonchev–Trinajstić information content (AvgIpc) is 2.47. The molecule has 0 unspecified atom stereocenters. The molecule has 2 rings (SSSR count). The van der Waals surface area contributed by atoms with Gasteiger partial charge in [0.2, 0.25) is 0 Å². The first kappa shape index (κ1) is 7.31. The maximum absolute atomic E-state index is 8.90. The molecule has 0 saturated carbocycles. The summed E-state index contributed by atoms with van der Waals surface area (Å²) in [5, 5.41) is 8.90. The van der Waals surface area contributed by atoms with Crippen LogP contribution >= 0.6 is 0 Å². The number of aliphatic hydroxyl groups excluding tert-OH is 1. The van der Waals surface area contributed by atoms with Gasteiger partial charge >= 0.3 is 0 Å². The molecule has 0 atom stereocenters. The van der Waals surface area contributed by atoms with E-state index in [1.807, 2.05) is 29.8 Å². The Labute approximate surface area is 70.3 Å². The Balaban J connectivity index is 2.71. The Bertz CT molecular complexity index is 406. The molecule has 1 aromatic carbocycles. The number of hydrogen-bond donors (Lipinski definition) is 1. The van der Waals surface area contributed by atoms with Crippen molar-refractivity contribution in [3.8, 4) is 0 Å². The molecule has 1 aromatic heterocycles. The predicted molar refractivity (Wildman–Crippen MR) is 46.6 cm³/mol. The number of hydrogen-bond acceptors (Lipinski definition) is 2. The van der Waals surface area contributed by atoms with Gasteiger partial charge in [-0.05, 0) is 17.7 Å². The second kappa shape index (κ2) is 2.60. The normalized spacial score (nSPS) is 10.8. The lowest BCUT2D eigenvalue weighted by molar-refractivity contribution is 0.282. The molecule has 1 N–H and O–H groups in total. The van der Waals surface area contributed by atoms with Gasteiger partial charge in [0.25, 0.3) is 0 Å². The minimum Gasteiger partial charge on any atom is -0.392 e. The molecular formula is C9H10N2O. The fourth-order valence-corrected chi connectivity index (χ4v) is 1.27. The molecule has 0 aliphatic rings. The van der Waals surface area contributed by atoms with Crippen molar-refractivity contribution in [1.29, 1.82) is 0 Å². The van der Waals surface area contributed by atoms with E-state index in [2.05, 4.69) is 4.98 Å². The molecule has 62 valence electrons. The van der Waals surface area contributed by atoms with Gasteiger partial charge in [-0.1, -0.05) is 6.07 Å². The zero-order valence-electron chi connectivity index (χ0n) is 6.86. The molecule has 0 radical (unpaired) electrons. The summed E-state index contributed by atoms with van der Waals surface area (Å²) in [4.78, 5) is 4.17. The van der Waals surface area contributed by atoms with Gasteiger partial charge in [0, 0.05) is 7.05 Å². The summed E-state index contributed by atoms with van der Waals surface area (Å²) < 4.78 is 1.94. The van der Waals surface area contributed by atoms with E-state index < -0.39 is 0 Å². The van der Waals surface area contributed by atoms with Crippen molar-refractivity contribution in [3.05, 3.63) is 30.1 Å². The molecule has 12 heavy (non-hydrogen) atoms. The largest absolute Gasteiger partial charge is 0.392 e. The minimum absolute atomic E-state index is 0.0844. The number of aryl methyl sites for hydroxylation is 1. The van der Waals surface area contributed by atoms with Gasteiger partial charge < -0.3 is 9.67 Å². The summed E-state index contributed by atoms with van der Waals surface area (Å²) in [7, 11) is 1.94. The van der Waals surface area contributed by atoms with Crippen molar-refractivity contribution in [2.45, 2.75) is 6.61 Å². The fraction of sp³-hybridized carbons (Fsp3) is 0.222. The van der Waals surface area contributed by atoms with Crippen LogP contribution in [0.15, 0.2) is 24.5 Å². The molecule has 3 heteroatoms. The lowest BCUT2D eigenvalue weighted by Crippen LogP contribution is -1.86. The van der Waals surface area contributed by atoms with Crippen LogP contribution in [0.4, 0.5) is 0 Å². The van der Waals surface area contributed by atoms with Crippen LogP contribution in [-0.2, 0) is 13.7 Å². The Morgan fingerprint density at radius 2 is 2.33 bits per heavy atom. The van der Waals surface area contributed by atoms with Crippen LogP contribution < -0.4 is 0 Å². The first-order valence-corrected chi connectivity index (χ1v) is 3.82. The van der Waals surface area contributed by atoms with E-state index in [1.165, 1.54) is 0 Å². The van der Waals surface area contributed by atoms with Gasteiger partial charge in [0.1, 0.15) is 0 Å². The van der Waals surface area contributed by atoms with Crippen LogP contribution in [0.2, 0.25) is 0 Å². The highest BCUT2D eigenvalue weighted by atomic mass is 16.3. The van der Waals surface area contributed by atoms with Gasteiger partial charge in [-0.15, -0.1) is 0 Å². The third-order valence-electron chi connectivity index (χ3n) is 1.97. The number of aliphatic hydroxyl groups is 1. The van der Waals surface area contributed by atoms with Crippen LogP contribution in [0, 0.1) is 0 Å². The van der Waals surface area contributed by atoms with Gasteiger partial charge in [-0.25, -0.2) is 4.98 Å². The Morgan fingerprint density at radius 3 is 3.08 bits per heavy atom.